The average molecular weight is 437 g/mol. The van der Waals surface area contributed by atoms with Crippen LogP contribution in [0.5, 0.6) is 0 Å². The van der Waals surface area contributed by atoms with E-state index in [1.54, 1.807) is 29.6 Å². The number of nitrogens with one attached hydrogen (secondary N) is 1. The standard InChI is InChI=1S/C25H26FN3OS/c1-2-3-4-5-23(26)16-25-22(18-28-11-13-30-14-12-28)17-27-29(25)24-8-6-20(7-9-24)21-10-15-31-19-21/h2-10,15,17,19H,1,11-14,16,18H2/p+1/b4-3-,23-5+. The van der Waals surface area contributed by atoms with Crippen LogP contribution in [0.2, 0.25) is 0 Å². The minimum absolute atomic E-state index is 0.201. The average Bonchev–Trinajstić information content (AvgIpc) is 3.46. The normalized spacial score (nSPS) is 15.6. The van der Waals surface area contributed by atoms with Crippen LogP contribution in [0.4, 0.5) is 4.39 Å². The van der Waals surface area contributed by atoms with Gasteiger partial charge in [0.05, 0.1) is 30.8 Å². The molecule has 3 heterocycles. The van der Waals surface area contributed by atoms with Gasteiger partial charge in [-0.1, -0.05) is 36.9 Å². The summed E-state index contributed by atoms with van der Waals surface area (Å²) < 4.78 is 22.1. The minimum Gasteiger partial charge on any atom is -0.370 e. The first-order chi connectivity index (χ1) is 15.2. The molecule has 2 aromatic heterocycles. The summed E-state index contributed by atoms with van der Waals surface area (Å²) in [5.74, 6) is -0.201. The van der Waals surface area contributed by atoms with E-state index in [1.165, 1.54) is 16.5 Å². The van der Waals surface area contributed by atoms with E-state index in [-0.39, 0.29) is 12.2 Å². The SMILES string of the molecule is C=C/C=C\C=C(\F)Cc1c(C[NH+]2CCOCC2)cnn1-c1ccc(-c2ccsc2)cc1. The molecule has 0 atom stereocenters. The predicted octanol–water partition coefficient (Wildman–Crippen LogP) is 4.15. The fourth-order valence-corrected chi connectivity index (χ4v) is 4.42. The first-order valence-electron chi connectivity index (χ1n) is 10.5. The highest BCUT2D eigenvalue weighted by Gasteiger charge is 2.20. The molecule has 0 spiro atoms. The van der Waals surface area contributed by atoms with Crippen molar-refractivity contribution in [3.8, 4) is 16.8 Å². The van der Waals surface area contributed by atoms with Crippen LogP contribution in [0.15, 0.2) is 84.0 Å². The molecule has 6 heteroatoms. The van der Waals surface area contributed by atoms with Gasteiger partial charge in [0, 0.05) is 12.0 Å². The molecule has 1 aromatic carbocycles. The molecule has 3 aromatic rings. The molecule has 1 N–H and O–H groups in total. The van der Waals surface area contributed by atoms with Crippen LogP contribution in [0, 0.1) is 0 Å². The molecule has 31 heavy (non-hydrogen) atoms. The van der Waals surface area contributed by atoms with Crippen LogP contribution in [-0.2, 0) is 17.7 Å². The van der Waals surface area contributed by atoms with E-state index in [0.29, 0.717) is 0 Å². The maximum absolute atomic E-state index is 14.7. The van der Waals surface area contributed by atoms with Gasteiger partial charge in [-0.05, 0) is 46.2 Å². The molecule has 4 rings (SSSR count). The van der Waals surface area contributed by atoms with Gasteiger partial charge in [0.15, 0.2) is 0 Å². The number of ether oxygens (including phenoxy) is 1. The van der Waals surface area contributed by atoms with Crippen molar-refractivity contribution in [3.63, 3.8) is 0 Å². The molecule has 1 fully saturated rings. The summed E-state index contributed by atoms with van der Waals surface area (Å²) >= 11 is 1.68. The topological polar surface area (TPSA) is 31.5 Å². The molecule has 0 radical (unpaired) electrons. The molecule has 0 saturated carbocycles. The van der Waals surface area contributed by atoms with Crippen molar-refractivity contribution in [1.29, 1.82) is 0 Å². The summed E-state index contributed by atoms with van der Waals surface area (Å²) in [7, 11) is 0. The van der Waals surface area contributed by atoms with E-state index < -0.39 is 0 Å². The van der Waals surface area contributed by atoms with Gasteiger partial charge in [0.2, 0.25) is 0 Å². The van der Waals surface area contributed by atoms with Crippen molar-refractivity contribution < 1.29 is 14.0 Å². The molecule has 1 aliphatic rings. The van der Waals surface area contributed by atoms with Crippen molar-refractivity contribution in [1.82, 2.24) is 9.78 Å². The molecule has 0 amide bonds. The zero-order valence-corrected chi connectivity index (χ0v) is 18.3. The lowest BCUT2D eigenvalue weighted by atomic mass is 10.1. The van der Waals surface area contributed by atoms with Crippen molar-refractivity contribution in [2.45, 2.75) is 13.0 Å². The van der Waals surface area contributed by atoms with Crippen LogP contribution in [-0.4, -0.2) is 36.1 Å². The quantitative estimate of drug-likeness (QED) is 0.538. The minimum atomic E-state index is -0.201. The molecule has 0 unspecified atom stereocenters. The van der Waals surface area contributed by atoms with Gasteiger partial charge in [-0.2, -0.15) is 16.4 Å². The highest BCUT2D eigenvalue weighted by atomic mass is 32.1. The Labute approximate surface area is 186 Å². The lowest BCUT2D eigenvalue weighted by molar-refractivity contribution is -0.921. The van der Waals surface area contributed by atoms with Gasteiger partial charge in [0.25, 0.3) is 0 Å². The summed E-state index contributed by atoms with van der Waals surface area (Å²) in [4.78, 5) is 1.44. The Hall–Kier alpha value is -2.80. The van der Waals surface area contributed by atoms with Crippen LogP contribution in [0.3, 0.4) is 0 Å². The van der Waals surface area contributed by atoms with Gasteiger partial charge in [-0.25, -0.2) is 9.07 Å². The Morgan fingerprint density at radius 1 is 1.16 bits per heavy atom. The second-order valence-corrected chi connectivity index (χ2v) is 8.32. The summed E-state index contributed by atoms with van der Waals surface area (Å²) in [5, 5.41) is 8.85. The molecular formula is C25H27FN3OS+. The molecule has 0 bridgehead atoms. The maximum Gasteiger partial charge on any atom is 0.106 e. The Balaban J connectivity index is 1.63. The third-order valence-electron chi connectivity index (χ3n) is 5.42. The maximum atomic E-state index is 14.7. The third-order valence-corrected chi connectivity index (χ3v) is 6.11. The van der Waals surface area contributed by atoms with Crippen molar-refractivity contribution in [2.24, 2.45) is 0 Å². The van der Waals surface area contributed by atoms with Gasteiger partial charge < -0.3 is 9.64 Å². The zero-order chi connectivity index (χ0) is 21.5. The summed E-state index contributed by atoms with van der Waals surface area (Å²) in [6.45, 7) is 7.90. The number of hydrogen-bond donors (Lipinski definition) is 1. The Kier molecular flexibility index (Phi) is 7.25. The number of morpholine rings is 1. The molecule has 160 valence electrons. The van der Waals surface area contributed by atoms with Gasteiger partial charge in [0.1, 0.15) is 25.5 Å². The molecule has 4 nitrogen and oxygen atoms in total. The lowest BCUT2D eigenvalue weighted by Gasteiger charge is -2.23. The molecular weight excluding hydrogens is 409 g/mol. The fourth-order valence-electron chi connectivity index (χ4n) is 3.75. The number of benzene rings is 1. The van der Waals surface area contributed by atoms with Crippen LogP contribution in [0.25, 0.3) is 16.8 Å². The third kappa shape index (κ3) is 5.47. The van der Waals surface area contributed by atoms with Gasteiger partial charge in [-0.15, -0.1) is 0 Å². The van der Waals surface area contributed by atoms with E-state index in [1.807, 2.05) is 23.0 Å². The highest BCUT2D eigenvalue weighted by molar-refractivity contribution is 7.08. The number of allylic oxidation sites excluding steroid dienone is 5. The summed E-state index contributed by atoms with van der Waals surface area (Å²) in [5.41, 5.74) is 5.28. The van der Waals surface area contributed by atoms with Crippen LogP contribution in [0.1, 0.15) is 11.3 Å². The number of rotatable bonds is 8. The van der Waals surface area contributed by atoms with Crippen molar-refractivity contribution in [2.75, 3.05) is 26.3 Å². The van der Waals surface area contributed by atoms with Gasteiger partial charge >= 0.3 is 0 Å². The smallest absolute Gasteiger partial charge is 0.106 e. The van der Waals surface area contributed by atoms with E-state index in [0.717, 1.165) is 55.4 Å². The predicted molar refractivity (Wildman–Crippen MR) is 124 cm³/mol. The van der Waals surface area contributed by atoms with Crippen molar-refractivity contribution >= 4 is 11.3 Å². The molecule has 0 aliphatic carbocycles. The number of quaternary nitrogens is 1. The van der Waals surface area contributed by atoms with Crippen molar-refractivity contribution in [3.05, 3.63) is 95.3 Å². The Bertz CT molecular complexity index is 1050. The van der Waals surface area contributed by atoms with Crippen LogP contribution >= 0.6 is 11.3 Å². The zero-order valence-electron chi connectivity index (χ0n) is 17.5. The van der Waals surface area contributed by atoms with Gasteiger partial charge in [-0.3, -0.25) is 0 Å². The number of thiophene rings is 1. The second kappa shape index (κ2) is 10.5. The molecule has 1 aliphatic heterocycles. The number of halogens is 1. The first-order valence-corrected chi connectivity index (χ1v) is 11.4. The van der Waals surface area contributed by atoms with E-state index >= 15 is 0 Å². The number of aromatic nitrogens is 2. The van der Waals surface area contributed by atoms with E-state index in [4.69, 9.17) is 4.74 Å². The monoisotopic (exact) mass is 436 g/mol. The van der Waals surface area contributed by atoms with Crippen LogP contribution < -0.4 is 4.90 Å². The molecule has 1 saturated heterocycles. The Morgan fingerprint density at radius 2 is 1.97 bits per heavy atom. The first kappa shape index (κ1) is 21.4. The summed E-state index contributed by atoms with van der Waals surface area (Å²) in [6.07, 6.45) is 8.61. The van der Waals surface area contributed by atoms with E-state index in [2.05, 4.69) is 40.6 Å². The largest absolute Gasteiger partial charge is 0.370 e. The fraction of sp³-hybridized carbons (Fsp3) is 0.240. The number of hydrogen-bond acceptors (Lipinski definition) is 3. The van der Waals surface area contributed by atoms with E-state index in [9.17, 15) is 4.39 Å². The number of nitrogens with zero attached hydrogens (tertiary/aromatic N) is 2. The summed E-state index contributed by atoms with van der Waals surface area (Å²) in [6, 6.07) is 10.4. The second-order valence-electron chi connectivity index (χ2n) is 7.54. The lowest BCUT2D eigenvalue weighted by Crippen LogP contribution is -3.12. The Morgan fingerprint density at radius 3 is 2.68 bits per heavy atom. The highest BCUT2D eigenvalue weighted by Crippen LogP contribution is 2.25.